The van der Waals surface area contributed by atoms with Gasteiger partial charge in [-0.15, -0.1) is 0 Å². The smallest absolute Gasteiger partial charge is 0.414 e. The molecule has 158 valence electrons. The lowest BCUT2D eigenvalue weighted by Crippen LogP contribution is -2.44. The zero-order chi connectivity index (χ0) is 21.1. The van der Waals surface area contributed by atoms with Gasteiger partial charge in [-0.25, -0.2) is 9.59 Å². The maximum atomic E-state index is 9.10. The number of rotatable bonds is 7. The molecule has 9 heteroatoms. The highest BCUT2D eigenvalue weighted by atomic mass is 35.5. The lowest BCUT2D eigenvalue weighted by Gasteiger charge is -2.26. The SMILES string of the molecule is Clc1ccc(OCCOCCN2CCNCC2)c2ccccc12.O=C(O)C(=O)O. The van der Waals surface area contributed by atoms with E-state index < -0.39 is 11.9 Å². The molecule has 1 aliphatic rings. The molecule has 0 amide bonds. The second kappa shape index (κ2) is 12.2. The molecule has 1 heterocycles. The topological polar surface area (TPSA) is 108 Å². The van der Waals surface area contributed by atoms with E-state index in [1.54, 1.807) is 0 Å². The number of ether oxygens (including phenoxy) is 2. The number of aliphatic carboxylic acids is 2. The highest BCUT2D eigenvalue weighted by Gasteiger charge is 2.09. The number of carboxylic acid groups (broad SMARTS) is 2. The molecule has 2 aromatic rings. The third kappa shape index (κ3) is 7.86. The summed E-state index contributed by atoms with van der Waals surface area (Å²) in [5.74, 6) is -2.79. The quantitative estimate of drug-likeness (QED) is 0.457. The molecule has 8 nitrogen and oxygen atoms in total. The van der Waals surface area contributed by atoms with Crippen molar-refractivity contribution in [3.05, 3.63) is 41.4 Å². The molecule has 3 N–H and O–H groups in total. The summed E-state index contributed by atoms with van der Waals surface area (Å²) in [6.45, 7) is 7.26. The predicted octanol–water partition coefficient (Wildman–Crippen LogP) is 1.95. The highest BCUT2D eigenvalue weighted by molar-refractivity contribution is 6.35. The fourth-order valence-corrected chi connectivity index (χ4v) is 3.03. The van der Waals surface area contributed by atoms with E-state index in [0.717, 1.165) is 60.9 Å². The van der Waals surface area contributed by atoms with E-state index >= 15 is 0 Å². The van der Waals surface area contributed by atoms with Gasteiger partial charge in [0.15, 0.2) is 0 Å². The van der Waals surface area contributed by atoms with Crippen molar-refractivity contribution >= 4 is 34.3 Å². The Morgan fingerprint density at radius 3 is 2.28 bits per heavy atom. The van der Waals surface area contributed by atoms with Crippen LogP contribution in [0.25, 0.3) is 10.8 Å². The molecule has 29 heavy (non-hydrogen) atoms. The summed E-state index contributed by atoms with van der Waals surface area (Å²) in [5.41, 5.74) is 0. The average molecular weight is 425 g/mol. The number of hydrogen-bond donors (Lipinski definition) is 3. The van der Waals surface area contributed by atoms with Crippen molar-refractivity contribution in [3.63, 3.8) is 0 Å². The molecule has 1 saturated heterocycles. The van der Waals surface area contributed by atoms with Crippen LogP contribution in [0.1, 0.15) is 0 Å². The van der Waals surface area contributed by atoms with Crippen molar-refractivity contribution in [1.82, 2.24) is 10.2 Å². The van der Waals surface area contributed by atoms with Gasteiger partial charge in [0.2, 0.25) is 0 Å². The molecule has 0 bridgehead atoms. The molecular formula is C20H25ClN2O6. The second-order valence-corrected chi connectivity index (χ2v) is 6.66. The number of carbonyl (C=O) groups is 2. The van der Waals surface area contributed by atoms with Crippen LogP contribution in [0, 0.1) is 0 Å². The first kappa shape index (κ1) is 22.9. The Bertz CT molecular complexity index is 799. The van der Waals surface area contributed by atoms with E-state index in [2.05, 4.69) is 10.2 Å². The van der Waals surface area contributed by atoms with Crippen LogP contribution in [0.2, 0.25) is 5.02 Å². The first-order chi connectivity index (χ1) is 14.0. The zero-order valence-electron chi connectivity index (χ0n) is 16.0. The molecule has 0 atom stereocenters. The van der Waals surface area contributed by atoms with Crippen LogP contribution in [0.5, 0.6) is 5.75 Å². The molecule has 3 rings (SSSR count). The van der Waals surface area contributed by atoms with Crippen molar-refractivity contribution < 1.29 is 29.3 Å². The maximum absolute atomic E-state index is 9.10. The van der Waals surface area contributed by atoms with E-state index in [-0.39, 0.29) is 0 Å². The lowest BCUT2D eigenvalue weighted by molar-refractivity contribution is -0.159. The molecule has 0 spiro atoms. The van der Waals surface area contributed by atoms with E-state index in [1.807, 2.05) is 36.4 Å². The fraction of sp³-hybridized carbons (Fsp3) is 0.400. The zero-order valence-corrected chi connectivity index (χ0v) is 16.7. The van der Waals surface area contributed by atoms with Gasteiger partial charge in [-0.1, -0.05) is 35.9 Å². The number of nitrogens with one attached hydrogen (secondary N) is 1. The van der Waals surface area contributed by atoms with E-state index in [1.165, 1.54) is 0 Å². The van der Waals surface area contributed by atoms with Crippen molar-refractivity contribution in [2.24, 2.45) is 0 Å². The number of benzene rings is 2. The minimum Gasteiger partial charge on any atom is -0.491 e. The first-order valence-corrected chi connectivity index (χ1v) is 9.64. The number of nitrogens with zero attached hydrogens (tertiary/aromatic N) is 1. The Hall–Kier alpha value is -2.39. The average Bonchev–Trinajstić information content (AvgIpc) is 2.73. The van der Waals surface area contributed by atoms with E-state index in [4.69, 9.17) is 40.9 Å². The molecule has 0 saturated carbocycles. The monoisotopic (exact) mass is 424 g/mol. The lowest BCUT2D eigenvalue weighted by atomic mass is 10.1. The van der Waals surface area contributed by atoms with Gasteiger partial charge in [0.05, 0.1) is 13.2 Å². The summed E-state index contributed by atoms with van der Waals surface area (Å²) in [4.78, 5) is 20.6. The van der Waals surface area contributed by atoms with E-state index in [9.17, 15) is 0 Å². The summed E-state index contributed by atoms with van der Waals surface area (Å²) in [6.07, 6.45) is 0. The largest absolute Gasteiger partial charge is 0.491 e. The van der Waals surface area contributed by atoms with Crippen LogP contribution in [0.15, 0.2) is 36.4 Å². The molecule has 0 radical (unpaired) electrons. The van der Waals surface area contributed by atoms with Gasteiger partial charge >= 0.3 is 11.9 Å². The summed E-state index contributed by atoms with van der Waals surface area (Å²) >= 11 is 6.22. The Morgan fingerprint density at radius 1 is 0.966 bits per heavy atom. The Morgan fingerprint density at radius 2 is 1.62 bits per heavy atom. The minimum absolute atomic E-state index is 0.549. The van der Waals surface area contributed by atoms with Crippen molar-refractivity contribution in [1.29, 1.82) is 0 Å². The van der Waals surface area contributed by atoms with Crippen LogP contribution in [0.4, 0.5) is 0 Å². The van der Waals surface area contributed by atoms with Crippen LogP contribution in [0.3, 0.4) is 0 Å². The third-order valence-electron chi connectivity index (χ3n) is 4.26. The molecule has 1 fully saturated rings. The van der Waals surface area contributed by atoms with Crippen LogP contribution in [-0.4, -0.2) is 79.6 Å². The molecular weight excluding hydrogens is 400 g/mol. The molecule has 0 unspecified atom stereocenters. The molecule has 0 aliphatic carbocycles. The number of piperazine rings is 1. The van der Waals surface area contributed by atoms with Gasteiger partial charge in [-0.05, 0) is 12.1 Å². The van der Waals surface area contributed by atoms with Gasteiger partial charge < -0.3 is 25.0 Å². The van der Waals surface area contributed by atoms with Crippen molar-refractivity contribution in [3.8, 4) is 5.75 Å². The summed E-state index contributed by atoms with van der Waals surface area (Å²) in [6, 6.07) is 11.8. The number of fused-ring (bicyclic) bond motifs is 1. The minimum atomic E-state index is -1.82. The molecule has 2 aromatic carbocycles. The first-order valence-electron chi connectivity index (χ1n) is 9.26. The fourth-order valence-electron chi connectivity index (χ4n) is 2.80. The number of hydrogen-bond acceptors (Lipinski definition) is 6. The summed E-state index contributed by atoms with van der Waals surface area (Å²) < 4.78 is 11.5. The second-order valence-electron chi connectivity index (χ2n) is 6.25. The van der Waals surface area contributed by atoms with Gasteiger partial charge in [0, 0.05) is 48.5 Å². The molecule has 0 aromatic heterocycles. The molecule has 1 aliphatic heterocycles. The number of halogens is 1. The third-order valence-corrected chi connectivity index (χ3v) is 4.59. The van der Waals surface area contributed by atoms with Crippen molar-refractivity contribution in [2.45, 2.75) is 0 Å². The van der Waals surface area contributed by atoms with Gasteiger partial charge in [0.1, 0.15) is 12.4 Å². The number of carboxylic acids is 2. The Kier molecular flexibility index (Phi) is 9.66. The van der Waals surface area contributed by atoms with Gasteiger partial charge in [-0.2, -0.15) is 0 Å². The summed E-state index contributed by atoms with van der Waals surface area (Å²) in [7, 11) is 0. The van der Waals surface area contributed by atoms with Crippen LogP contribution < -0.4 is 10.1 Å². The van der Waals surface area contributed by atoms with Gasteiger partial charge in [0.25, 0.3) is 0 Å². The Labute approximate surface area is 174 Å². The standard InChI is InChI=1S/C18H23ClN2O2.C2H2O4/c19-17-5-6-18(16-4-2-1-3-15(16)17)23-14-13-22-12-11-21-9-7-20-8-10-21;3-1(4)2(5)6/h1-6,20H,7-14H2;(H,3,4)(H,5,6). The van der Waals surface area contributed by atoms with E-state index in [0.29, 0.717) is 13.2 Å². The van der Waals surface area contributed by atoms with Gasteiger partial charge in [-0.3, -0.25) is 4.90 Å². The van der Waals surface area contributed by atoms with Crippen LogP contribution in [-0.2, 0) is 14.3 Å². The summed E-state index contributed by atoms with van der Waals surface area (Å²) in [5, 5.41) is 20.9. The van der Waals surface area contributed by atoms with Crippen molar-refractivity contribution in [2.75, 3.05) is 52.5 Å². The normalized spacial score (nSPS) is 14.1. The van der Waals surface area contributed by atoms with Crippen LogP contribution >= 0.6 is 11.6 Å². The maximum Gasteiger partial charge on any atom is 0.414 e. The Balaban J connectivity index is 0.000000438. The predicted molar refractivity (Wildman–Crippen MR) is 110 cm³/mol. The highest BCUT2D eigenvalue weighted by Crippen LogP contribution is 2.31.